The molecule has 0 amide bonds. The summed E-state index contributed by atoms with van der Waals surface area (Å²) in [7, 11) is 0. The quantitative estimate of drug-likeness (QED) is 0.168. The van der Waals surface area contributed by atoms with Crippen molar-refractivity contribution < 1.29 is 46.4 Å². The number of para-hydroxylation sites is 5. The molecule has 0 bridgehead atoms. The lowest BCUT2D eigenvalue weighted by atomic mass is 9.50. The molecule has 0 saturated carbocycles. The van der Waals surface area contributed by atoms with Gasteiger partial charge in [-0.25, -0.2) is 0 Å². The second-order valence-corrected chi connectivity index (χ2v) is 12.3. The molecule has 0 atom stereocenters. The van der Waals surface area contributed by atoms with Gasteiger partial charge in [0.25, 0.3) is 0 Å². The van der Waals surface area contributed by atoms with Gasteiger partial charge in [-0.05, 0) is 71.1 Å². The van der Waals surface area contributed by atoms with Gasteiger partial charge in [0.2, 0.25) is 0 Å². The first-order valence-electron chi connectivity index (χ1n) is 29.5. The maximum atomic E-state index is 10.0. The second kappa shape index (κ2) is 9.87. The summed E-state index contributed by atoms with van der Waals surface area (Å²) in [5, 5.41) is -2.21. The van der Waals surface area contributed by atoms with Crippen molar-refractivity contribution in [3.8, 4) is 45.2 Å². The zero-order chi connectivity index (χ0) is 57.9. The van der Waals surface area contributed by atoms with E-state index in [9.17, 15) is 12.3 Å². The molecule has 11 aromatic rings. The van der Waals surface area contributed by atoms with Gasteiger partial charge in [0.15, 0.2) is 0 Å². The minimum absolute atomic E-state index is 0.191. The zero-order valence-electron chi connectivity index (χ0n) is 53.3. The van der Waals surface area contributed by atoms with Gasteiger partial charge in [-0.3, -0.25) is 0 Å². The Morgan fingerprint density at radius 1 is 0.453 bits per heavy atom. The highest BCUT2D eigenvalue weighted by Gasteiger charge is 2.41. The molecular weight excluding hydrogens is 647 g/mol. The number of rotatable bonds is 2. The molecule has 53 heavy (non-hydrogen) atoms. The van der Waals surface area contributed by atoms with Crippen LogP contribution in [0.4, 0.5) is 0 Å². The molecule has 0 unspecified atom stereocenters. The number of benzene rings is 8. The van der Waals surface area contributed by atoms with Crippen molar-refractivity contribution in [3.05, 3.63) is 163 Å². The van der Waals surface area contributed by atoms with Crippen LogP contribution in [0.5, 0.6) is 17.2 Å². The number of hydrogen-bond acceptors (Lipinski definition) is 2. The first-order chi connectivity index (χ1) is 37.6. The number of fused-ring (bicyclic) bond motifs is 13. The Bertz CT molecular complexity index is 4750. The average Bonchev–Trinajstić information content (AvgIpc) is 1.67. The van der Waals surface area contributed by atoms with Crippen LogP contribution in [0.15, 0.2) is 163 Å². The second-order valence-electron chi connectivity index (χ2n) is 12.3. The predicted octanol–water partition coefficient (Wildman–Crippen LogP) is 10.9. The van der Waals surface area contributed by atoms with E-state index in [4.69, 9.17) is 34.1 Å². The molecule has 13 rings (SSSR count). The molecular formula is C48H27BN2O2. The minimum atomic E-state index is -1.90. The summed E-state index contributed by atoms with van der Waals surface area (Å²) in [6, 6.07) is -21.5. The molecule has 5 heterocycles. The molecule has 0 fully saturated rings. The Morgan fingerprint density at radius 2 is 1.04 bits per heavy atom. The summed E-state index contributed by atoms with van der Waals surface area (Å²) < 4.78 is 261. The molecule has 0 spiro atoms. The molecule has 4 nitrogen and oxygen atoms in total. The SMILES string of the molecule is [2H]c1c([2H])c([2H])c2c(c1[2H])OB1c3c([2H])c([2H])c(-c4c([2H])c5c6c([2H])c([2H])c([2H])c([2H])c6n6c7c([2H])c([2H])c([2H])c([2H])c7c(c4[2H])c56)c([2H])c3Oc3c([2H])c(-n4c5c([2H])c([2H])c([2H])c([2H])c5c5c([2H])c([2H])c([2H])c([2H])c54)c([2H])c-2c31. The van der Waals surface area contributed by atoms with Gasteiger partial charge < -0.3 is 18.4 Å². The largest absolute Gasteiger partial charge is 0.551 e. The van der Waals surface area contributed by atoms with Crippen LogP contribution in [0.1, 0.15) is 37.0 Å². The Balaban J connectivity index is 1.20. The van der Waals surface area contributed by atoms with Gasteiger partial charge in [-0.2, -0.15) is 0 Å². The Hall–Kier alpha value is -6.98. The highest BCUT2D eigenvalue weighted by atomic mass is 16.5. The fraction of sp³-hybridized carbons (Fsp3) is 0. The predicted molar refractivity (Wildman–Crippen MR) is 218 cm³/mol. The van der Waals surface area contributed by atoms with Crippen molar-refractivity contribution in [2.75, 3.05) is 0 Å². The third kappa shape index (κ3) is 3.56. The molecule has 2 aliphatic heterocycles. The van der Waals surface area contributed by atoms with E-state index in [1.54, 1.807) is 0 Å². The van der Waals surface area contributed by atoms with Crippen molar-refractivity contribution in [2.45, 2.75) is 0 Å². The molecule has 0 radical (unpaired) electrons. The first-order valence-corrected chi connectivity index (χ1v) is 16.0. The average molecular weight is 702 g/mol. The molecule has 5 heteroatoms. The van der Waals surface area contributed by atoms with Crippen molar-refractivity contribution in [1.29, 1.82) is 0 Å². The Morgan fingerprint density at radius 3 is 1.72 bits per heavy atom. The van der Waals surface area contributed by atoms with E-state index in [1.165, 1.54) is 0 Å². The van der Waals surface area contributed by atoms with E-state index in [-0.39, 0.29) is 43.6 Å². The molecule has 0 aliphatic carbocycles. The summed E-state index contributed by atoms with van der Waals surface area (Å²) in [6.07, 6.45) is 0. The highest BCUT2D eigenvalue weighted by Crippen LogP contribution is 2.45. The summed E-state index contributed by atoms with van der Waals surface area (Å²) >= 11 is 0. The molecule has 3 aromatic heterocycles. The lowest BCUT2D eigenvalue weighted by Gasteiger charge is -2.33. The Kier molecular flexibility index (Phi) is 2.40. The fourth-order valence-electron chi connectivity index (χ4n) is 7.51. The van der Waals surface area contributed by atoms with E-state index in [0.29, 0.717) is 0 Å². The summed E-state index contributed by atoms with van der Waals surface area (Å²) in [5.41, 5.74) is -5.92. The van der Waals surface area contributed by atoms with E-state index in [1.807, 2.05) is 0 Å². The van der Waals surface area contributed by atoms with Gasteiger partial charge in [0.05, 0.1) is 70.3 Å². The van der Waals surface area contributed by atoms with E-state index in [0.717, 1.165) is 8.97 Å². The van der Waals surface area contributed by atoms with Gasteiger partial charge in [-0.1, -0.05) is 103 Å². The number of hydrogen-bond donors (Lipinski definition) is 0. The number of aromatic nitrogens is 2. The maximum absolute atomic E-state index is 10.0. The van der Waals surface area contributed by atoms with Crippen LogP contribution in [-0.4, -0.2) is 15.9 Å². The van der Waals surface area contributed by atoms with Crippen molar-refractivity contribution >= 4 is 77.7 Å². The standard InChI is InChI=1S/C48H27BN2O2/c1-6-16-40-31(11-1)32-12-2-7-17-41(32)50(40)30-26-36-35-15-5-10-20-44(35)53-49-39-22-21-28(25-45(39)52-46(27-30)47(36)49)29-23-37-33-13-3-8-18-42(33)51-43-19-9-4-14-34(43)38(24-29)48(37)51/h1-27H/i1D,2D,3D,4D,5D,6D,7D,8D,9D,10D,11D,12D,13D,14D,15D,16D,17D,18D,19D,20D,21D,22D,23D,24D,25D,26D,27D. The molecule has 8 aromatic carbocycles. The third-order valence-corrected chi connectivity index (χ3v) is 9.65. The topological polar surface area (TPSA) is 27.8 Å². The van der Waals surface area contributed by atoms with E-state index >= 15 is 0 Å². The third-order valence-electron chi connectivity index (χ3n) is 9.65. The normalized spacial score (nSPS) is 20.3. The molecule has 2 aliphatic rings. The maximum Gasteiger partial charge on any atom is 0.434 e. The van der Waals surface area contributed by atoms with Gasteiger partial charge in [0.1, 0.15) is 17.2 Å². The van der Waals surface area contributed by atoms with Crippen LogP contribution in [0.2, 0.25) is 0 Å². The van der Waals surface area contributed by atoms with Crippen molar-refractivity contribution in [2.24, 2.45) is 0 Å². The smallest absolute Gasteiger partial charge is 0.434 e. The van der Waals surface area contributed by atoms with Gasteiger partial charge in [0, 0.05) is 54.8 Å². The van der Waals surface area contributed by atoms with Crippen LogP contribution in [-0.2, 0) is 0 Å². The minimum Gasteiger partial charge on any atom is -0.551 e. The van der Waals surface area contributed by atoms with Gasteiger partial charge >= 0.3 is 6.92 Å². The van der Waals surface area contributed by atoms with Crippen molar-refractivity contribution in [1.82, 2.24) is 8.97 Å². The molecule has 244 valence electrons. The van der Waals surface area contributed by atoms with E-state index in [2.05, 4.69) is 0 Å². The van der Waals surface area contributed by atoms with Crippen molar-refractivity contribution in [3.63, 3.8) is 0 Å². The van der Waals surface area contributed by atoms with Crippen LogP contribution >= 0.6 is 0 Å². The van der Waals surface area contributed by atoms with Crippen LogP contribution in [0.25, 0.3) is 87.8 Å². The molecule has 0 saturated heterocycles. The van der Waals surface area contributed by atoms with Crippen LogP contribution in [0, 0.1) is 0 Å². The summed E-state index contributed by atoms with van der Waals surface area (Å²) in [5.74, 6) is -2.07. The lowest BCUT2D eigenvalue weighted by molar-refractivity contribution is 0.479. The first kappa shape index (κ1) is 12.9. The Labute approximate surface area is 342 Å². The number of nitrogens with zero attached hydrogens (tertiary/aromatic N) is 2. The lowest BCUT2D eigenvalue weighted by Crippen LogP contribution is -2.53. The highest BCUT2D eigenvalue weighted by molar-refractivity contribution is 6.84. The summed E-state index contributed by atoms with van der Waals surface area (Å²) in [4.78, 5) is 0. The molecule has 0 N–H and O–H groups in total. The number of ether oxygens (including phenoxy) is 1. The van der Waals surface area contributed by atoms with E-state index < -0.39 is 243 Å². The van der Waals surface area contributed by atoms with Crippen LogP contribution in [0.3, 0.4) is 0 Å². The summed E-state index contributed by atoms with van der Waals surface area (Å²) in [6.45, 7) is -1.90. The zero-order valence-corrected chi connectivity index (χ0v) is 26.3. The van der Waals surface area contributed by atoms with Crippen LogP contribution < -0.4 is 20.3 Å². The monoisotopic (exact) mass is 701 g/mol. The van der Waals surface area contributed by atoms with Gasteiger partial charge in [-0.15, -0.1) is 0 Å². The fourth-order valence-corrected chi connectivity index (χ4v) is 7.51.